The Hall–Kier alpha value is -2.94. The smallest absolute Gasteiger partial charge is 0.388 e. The van der Waals surface area contributed by atoms with Crippen LogP contribution in [0.4, 0.5) is 13.9 Å². The quantitative estimate of drug-likeness (QED) is 0.424. The van der Waals surface area contributed by atoms with Crippen LogP contribution in [0.3, 0.4) is 0 Å². The molecule has 6 nitrogen and oxygen atoms in total. The Morgan fingerprint density at radius 3 is 2.22 bits per heavy atom. The molecule has 0 aliphatic carbocycles. The van der Waals surface area contributed by atoms with Gasteiger partial charge in [0.2, 0.25) is 5.88 Å². The third-order valence-corrected chi connectivity index (χ3v) is 4.41. The average molecular weight is 465 g/mol. The summed E-state index contributed by atoms with van der Waals surface area (Å²) in [5.74, 6) is -0.445. The highest BCUT2D eigenvalue weighted by Crippen LogP contribution is 2.28. The van der Waals surface area contributed by atoms with Crippen LogP contribution >= 0.6 is 11.3 Å². The van der Waals surface area contributed by atoms with Crippen molar-refractivity contribution in [1.82, 2.24) is 15.0 Å². The largest absolute Gasteiger partial charge is 0.417 e. The number of amides is 1. The number of rotatable bonds is 5. The zero-order valence-electron chi connectivity index (χ0n) is 19.3. The van der Waals surface area contributed by atoms with E-state index in [1.165, 1.54) is 35.1 Å². The lowest BCUT2D eigenvalue weighted by Crippen LogP contribution is -2.26. The summed E-state index contributed by atoms with van der Waals surface area (Å²) in [5.41, 5.74) is 2.38. The van der Waals surface area contributed by atoms with Crippen LogP contribution in [0.2, 0.25) is 0 Å². The first-order valence-corrected chi connectivity index (χ1v) is 11.2. The lowest BCUT2D eigenvalue weighted by Gasteiger charge is -2.13. The van der Waals surface area contributed by atoms with E-state index in [0.29, 0.717) is 22.1 Å². The highest BCUT2D eigenvalue weighted by molar-refractivity contribution is 7.14. The fourth-order valence-corrected chi connectivity index (χ4v) is 2.93. The van der Waals surface area contributed by atoms with E-state index in [4.69, 9.17) is 0 Å². The van der Waals surface area contributed by atoms with Crippen LogP contribution in [0.15, 0.2) is 42.0 Å². The first kappa shape index (κ1) is 27.1. The Labute approximate surface area is 192 Å². The molecule has 0 saturated heterocycles. The molecule has 1 amide bonds. The molecule has 174 valence electrons. The third-order valence-electron chi connectivity index (χ3n) is 3.50. The molecule has 0 aliphatic heterocycles. The van der Waals surface area contributed by atoms with Crippen LogP contribution in [-0.4, -0.2) is 34.5 Å². The molecule has 0 fully saturated rings. The molecular formula is C23H30F2N4O2S. The van der Waals surface area contributed by atoms with E-state index in [1.807, 2.05) is 19.1 Å². The van der Waals surface area contributed by atoms with Crippen molar-refractivity contribution in [2.75, 3.05) is 11.9 Å². The fourth-order valence-electron chi connectivity index (χ4n) is 2.15. The Bertz CT molecular complexity index is 947. The van der Waals surface area contributed by atoms with Crippen molar-refractivity contribution in [3.05, 3.63) is 53.2 Å². The molecule has 2 aromatic heterocycles. The molecule has 0 bridgehead atoms. The number of anilines is 1. The number of hydrogen-bond acceptors (Lipinski definition) is 6. The maximum Gasteiger partial charge on any atom is 0.388 e. The standard InChI is InChI=1S/C17H14F2N4O2S.2C3H8/c1-10-3-5-11(6-4-10)15(24)23(2)17-22-13(8-26-17)12-7-14(21-9-20-12)25-16(18)19;2*1-3-2/h3-9,16H,1-2H3;2*3H2,1-2H3. The van der Waals surface area contributed by atoms with Gasteiger partial charge in [-0.3, -0.25) is 9.69 Å². The second kappa shape index (κ2) is 14.2. The Balaban J connectivity index is 0.000000769. The van der Waals surface area contributed by atoms with Gasteiger partial charge in [0, 0.05) is 24.1 Å². The molecule has 0 unspecified atom stereocenters. The molecule has 0 N–H and O–H groups in total. The second-order valence-electron chi connectivity index (χ2n) is 6.78. The van der Waals surface area contributed by atoms with E-state index in [-0.39, 0.29) is 11.8 Å². The van der Waals surface area contributed by atoms with Crippen molar-refractivity contribution in [3.8, 4) is 17.3 Å². The van der Waals surface area contributed by atoms with E-state index in [0.717, 1.165) is 11.9 Å². The normalized spacial score (nSPS) is 9.91. The maximum atomic E-state index is 12.5. The van der Waals surface area contributed by atoms with Crippen LogP contribution in [0.5, 0.6) is 5.88 Å². The molecule has 0 spiro atoms. The molecule has 1 aromatic carbocycles. The third kappa shape index (κ3) is 8.66. The molecule has 9 heteroatoms. The molecule has 2 heterocycles. The number of ether oxygens (including phenoxy) is 1. The summed E-state index contributed by atoms with van der Waals surface area (Å²) in [5, 5.41) is 2.14. The molecule has 32 heavy (non-hydrogen) atoms. The van der Waals surface area contributed by atoms with Gasteiger partial charge in [0.05, 0.1) is 5.69 Å². The number of hydrogen-bond donors (Lipinski definition) is 0. The summed E-state index contributed by atoms with van der Waals surface area (Å²) < 4.78 is 28.9. The average Bonchev–Trinajstić information content (AvgIpc) is 3.24. The Kier molecular flexibility index (Phi) is 12.0. The van der Waals surface area contributed by atoms with Gasteiger partial charge in [0.25, 0.3) is 5.91 Å². The number of aryl methyl sites for hydroxylation is 1. The Morgan fingerprint density at radius 2 is 1.66 bits per heavy atom. The number of carbonyl (C=O) groups excluding carboxylic acids is 1. The van der Waals surface area contributed by atoms with E-state index in [9.17, 15) is 13.6 Å². The Morgan fingerprint density at radius 1 is 1.06 bits per heavy atom. The fraction of sp³-hybridized carbons (Fsp3) is 0.391. The highest BCUT2D eigenvalue weighted by Gasteiger charge is 2.18. The summed E-state index contributed by atoms with van der Waals surface area (Å²) in [6, 6.07) is 8.49. The minimum atomic E-state index is -2.97. The first-order chi connectivity index (χ1) is 15.3. The van der Waals surface area contributed by atoms with Gasteiger partial charge in [-0.25, -0.2) is 15.0 Å². The van der Waals surface area contributed by atoms with Gasteiger partial charge in [0.15, 0.2) is 5.13 Å². The molecular weight excluding hydrogens is 434 g/mol. The van der Waals surface area contributed by atoms with Crippen molar-refractivity contribution >= 4 is 22.4 Å². The summed E-state index contributed by atoms with van der Waals surface area (Å²) in [6.07, 6.45) is 3.62. The first-order valence-electron chi connectivity index (χ1n) is 10.3. The SMILES string of the molecule is CCC.CCC.Cc1ccc(C(=O)N(C)c2nc(-c3cc(OC(F)F)ncn3)cs2)cc1. The lowest BCUT2D eigenvalue weighted by atomic mass is 10.1. The topological polar surface area (TPSA) is 68.2 Å². The molecule has 0 atom stereocenters. The van der Waals surface area contributed by atoms with Crippen LogP contribution in [0, 0.1) is 6.92 Å². The summed E-state index contributed by atoms with van der Waals surface area (Å²) in [7, 11) is 1.62. The van der Waals surface area contributed by atoms with Crippen molar-refractivity contribution in [1.29, 1.82) is 0 Å². The highest BCUT2D eigenvalue weighted by atomic mass is 32.1. The zero-order chi connectivity index (χ0) is 24.1. The van der Waals surface area contributed by atoms with Crippen molar-refractivity contribution in [2.45, 2.75) is 54.1 Å². The minimum Gasteiger partial charge on any atom is -0.417 e. The summed E-state index contributed by atoms with van der Waals surface area (Å²) >= 11 is 1.24. The van der Waals surface area contributed by atoms with Gasteiger partial charge in [-0.05, 0) is 19.1 Å². The molecule has 0 aliphatic rings. The number of carbonyl (C=O) groups is 1. The molecule has 3 rings (SSSR count). The van der Waals surface area contributed by atoms with Crippen molar-refractivity contribution in [2.24, 2.45) is 0 Å². The van der Waals surface area contributed by atoms with Crippen molar-refractivity contribution < 1.29 is 18.3 Å². The summed E-state index contributed by atoms with van der Waals surface area (Å²) in [6.45, 7) is 7.47. The van der Waals surface area contributed by atoms with Gasteiger partial charge >= 0.3 is 6.61 Å². The van der Waals surface area contributed by atoms with Crippen LogP contribution in [0.1, 0.15) is 56.5 Å². The van der Waals surface area contributed by atoms with E-state index >= 15 is 0 Å². The van der Waals surface area contributed by atoms with E-state index in [2.05, 4.69) is 47.4 Å². The van der Waals surface area contributed by atoms with Gasteiger partial charge < -0.3 is 4.74 Å². The predicted octanol–water partition coefficient (Wildman–Crippen LogP) is 6.62. The number of nitrogens with zero attached hydrogens (tertiary/aromatic N) is 4. The van der Waals surface area contributed by atoms with Gasteiger partial charge in [-0.1, -0.05) is 58.2 Å². The number of thiazole rings is 1. The van der Waals surface area contributed by atoms with Gasteiger partial charge in [0.1, 0.15) is 12.0 Å². The predicted molar refractivity (Wildman–Crippen MR) is 126 cm³/mol. The monoisotopic (exact) mass is 464 g/mol. The second-order valence-corrected chi connectivity index (χ2v) is 7.62. The van der Waals surface area contributed by atoms with E-state index < -0.39 is 6.61 Å². The molecule has 0 saturated carbocycles. The number of aromatic nitrogens is 3. The van der Waals surface area contributed by atoms with Crippen molar-refractivity contribution in [3.63, 3.8) is 0 Å². The van der Waals surface area contributed by atoms with Crippen LogP contribution in [-0.2, 0) is 0 Å². The maximum absolute atomic E-state index is 12.5. The molecule has 0 radical (unpaired) electrons. The number of alkyl halides is 2. The van der Waals surface area contributed by atoms with Gasteiger partial charge in [-0.2, -0.15) is 8.78 Å². The van der Waals surface area contributed by atoms with E-state index in [1.54, 1.807) is 24.6 Å². The zero-order valence-corrected chi connectivity index (χ0v) is 20.1. The van der Waals surface area contributed by atoms with Crippen LogP contribution in [0.25, 0.3) is 11.4 Å². The van der Waals surface area contributed by atoms with Gasteiger partial charge in [-0.15, -0.1) is 11.3 Å². The lowest BCUT2D eigenvalue weighted by molar-refractivity contribution is -0.0528. The number of halogens is 2. The number of benzene rings is 1. The molecule has 3 aromatic rings. The summed E-state index contributed by atoms with van der Waals surface area (Å²) in [4.78, 5) is 26.0. The van der Waals surface area contributed by atoms with Crippen LogP contribution < -0.4 is 9.64 Å². The minimum absolute atomic E-state index is 0.199.